The van der Waals surface area contributed by atoms with E-state index < -0.39 is 18.5 Å². The third-order valence-corrected chi connectivity index (χ3v) is 1.71. The lowest BCUT2D eigenvalue weighted by Gasteiger charge is -2.08. The van der Waals surface area contributed by atoms with E-state index in [1.165, 1.54) is 18.2 Å². The van der Waals surface area contributed by atoms with Crippen LogP contribution in [0.25, 0.3) is 0 Å². The SMILES string of the molecule is C#COc1ccc(C(=O)O)c(OCC(=O)O)c1. The Labute approximate surface area is 96.4 Å². The van der Waals surface area contributed by atoms with E-state index in [1.54, 1.807) is 0 Å². The molecule has 0 heterocycles. The predicted molar refractivity (Wildman–Crippen MR) is 56.0 cm³/mol. The molecule has 0 fully saturated rings. The Morgan fingerprint density at radius 3 is 2.59 bits per heavy atom. The van der Waals surface area contributed by atoms with Crippen LogP contribution < -0.4 is 9.47 Å². The fourth-order valence-electron chi connectivity index (χ4n) is 1.07. The number of hydrogen-bond donors (Lipinski definition) is 2. The Morgan fingerprint density at radius 1 is 1.35 bits per heavy atom. The molecule has 6 heteroatoms. The van der Waals surface area contributed by atoms with Gasteiger partial charge in [-0.1, -0.05) is 6.42 Å². The number of carboxylic acid groups (broad SMARTS) is 2. The number of carboxylic acids is 2. The smallest absolute Gasteiger partial charge is 0.341 e. The van der Waals surface area contributed by atoms with Gasteiger partial charge in [0.2, 0.25) is 0 Å². The van der Waals surface area contributed by atoms with Crippen molar-refractivity contribution in [1.82, 2.24) is 0 Å². The molecule has 6 nitrogen and oxygen atoms in total. The Bertz CT molecular complexity index is 485. The minimum atomic E-state index is -1.24. The van der Waals surface area contributed by atoms with Crippen LogP contribution in [-0.4, -0.2) is 28.8 Å². The largest absolute Gasteiger partial charge is 0.481 e. The number of benzene rings is 1. The van der Waals surface area contributed by atoms with E-state index in [-0.39, 0.29) is 17.1 Å². The highest BCUT2D eigenvalue weighted by atomic mass is 16.5. The van der Waals surface area contributed by atoms with E-state index >= 15 is 0 Å². The van der Waals surface area contributed by atoms with Gasteiger partial charge in [0.05, 0.1) is 0 Å². The highest BCUT2D eigenvalue weighted by molar-refractivity contribution is 5.91. The van der Waals surface area contributed by atoms with Gasteiger partial charge in [-0.15, -0.1) is 0 Å². The van der Waals surface area contributed by atoms with Gasteiger partial charge in [0.15, 0.2) is 6.61 Å². The number of aliphatic carboxylic acids is 1. The van der Waals surface area contributed by atoms with Crippen molar-refractivity contribution in [2.24, 2.45) is 0 Å². The summed E-state index contributed by atoms with van der Waals surface area (Å²) < 4.78 is 9.51. The first-order valence-corrected chi connectivity index (χ1v) is 4.39. The summed E-state index contributed by atoms with van der Waals surface area (Å²) in [5.74, 6) is -2.38. The molecular weight excluding hydrogens is 228 g/mol. The summed E-state index contributed by atoms with van der Waals surface area (Å²) in [6.45, 7) is -0.653. The van der Waals surface area contributed by atoms with Gasteiger partial charge in [0.25, 0.3) is 0 Å². The van der Waals surface area contributed by atoms with Crippen LogP contribution in [0.4, 0.5) is 0 Å². The number of rotatable bonds is 5. The summed E-state index contributed by atoms with van der Waals surface area (Å²) in [7, 11) is 0. The van der Waals surface area contributed by atoms with E-state index in [0.29, 0.717) is 0 Å². The molecule has 0 spiro atoms. The molecule has 1 rings (SSSR count). The number of hydrogen-bond acceptors (Lipinski definition) is 4. The minimum Gasteiger partial charge on any atom is -0.481 e. The minimum absolute atomic E-state index is 0.118. The van der Waals surface area contributed by atoms with Crippen molar-refractivity contribution in [3.63, 3.8) is 0 Å². The van der Waals surface area contributed by atoms with Crippen LogP contribution in [0.2, 0.25) is 0 Å². The second-order valence-electron chi connectivity index (χ2n) is 2.87. The van der Waals surface area contributed by atoms with Crippen LogP contribution in [0.3, 0.4) is 0 Å². The molecule has 1 aromatic rings. The first kappa shape index (κ1) is 12.4. The first-order chi connectivity index (χ1) is 8.04. The predicted octanol–water partition coefficient (Wildman–Crippen LogP) is 0.818. The summed E-state index contributed by atoms with van der Waals surface area (Å²) in [5, 5.41) is 17.3. The van der Waals surface area contributed by atoms with Crippen molar-refractivity contribution in [3.8, 4) is 24.0 Å². The second kappa shape index (κ2) is 5.42. The molecule has 0 aromatic heterocycles. The van der Waals surface area contributed by atoms with Crippen LogP contribution in [0, 0.1) is 12.5 Å². The molecule has 0 radical (unpaired) electrons. The van der Waals surface area contributed by atoms with Crippen molar-refractivity contribution in [2.75, 3.05) is 6.61 Å². The summed E-state index contributed by atoms with van der Waals surface area (Å²) in [5.41, 5.74) is -0.171. The van der Waals surface area contributed by atoms with Crippen LogP contribution in [0.1, 0.15) is 10.4 Å². The summed E-state index contributed by atoms with van der Waals surface area (Å²) in [6.07, 6.45) is 6.81. The maximum Gasteiger partial charge on any atom is 0.341 e. The molecule has 0 bridgehead atoms. The van der Waals surface area contributed by atoms with Crippen molar-refractivity contribution in [2.45, 2.75) is 0 Å². The van der Waals surface area contributed by atoms with Gasteiger partial charge < -0.3 is 19.7 Å². The average molecular weight is 236 g/mol. The number of carbonyl (C=O) groups is 2. The third kappa shape index (κ3) is 3.43. The Kier molecular flexibility index (Phi) is 3.95. The number of ether oxygens (including phenoxy) is 2. The van der Waals surface area contributed by atoms with Crippen LogP contribution >= 0.6 is 0 Å². The molecule has 0 aliphatic heterocycles. The maximum atomic E-state index is 10.8. The van der Waals surface area contributed by atoms with E-state index in [1.807, 2.05) is 6.11 Å². The molecule has 0 atom stereocenters. The molecule has 88 valence electrons. The zero-order valence-electron chi connectivity index (χ0n) is 8.54. The van der Waals surface area contributed by atoms with Gasteiger partial charge in [-0.2, -0.15) is 0 Å². The van der Waals surface area contributed by atoms with Gasteiger partial charge in [0.1, 0.15) is 23.2 Å². The van der Waals surface area contributed by atoms with E-state index in [2.05, 4.69) is 0 Å². The summed E-state index contributed by atoms with van der Waals surface area (Å²) in [6, 6.07) is 3.77. The lowest BCUT2D eigenvalue weighted by atomic mass is 10.2. The van der Waals surface area contributed by atoms with Crippen molar-refractivity contribution in [1.29, 1.82) is 0 Å². The molecule has 0 saturated heterocycles. The van der Waals surface area contributed by atoms with Crippen molar-refractivity contribution in [3.05, 3.63) is 23.8 Å². The third-order valence-electron chi connectivity index (χ3n) is 1.71. The monoisotopic (exact) mass is 236 g/mol. The Balaban J connectivity index is 3.03. The normalized spacial score (nSPS) is 9.12. The second-order valence-corrected chi connectivity index (χ2v) is 2.87. The molecule has 2 N–H and O–H groups in total. The van der Waals surface area contributed by atoms with Gasteiger partial charge in [-0.3, -0.25) is 0 Å². The lowest BCUT2D eigenvalue weighted by molar-refractivity contribution is -0.139. The molecule has 1 aromatic carbocycles. The maximum absolute atomic E-state index is 10.8. The summed E-state index contributed by atoms with van der Waals surface area (Å²) >= 11 is 0. The van der Waals surface area contributed by atoms with Crippen molar-refractivity contribution >= 4 is 11.9 Å². The standard InChI is InChI=1S/C11H8O6/c1-2-16-7-3-4-8(11(14)15)9(5-7)17-6-10(12)13/h1,3-5H,6H2,(H,12,13)(H,14,15). The van der Waals surface area contributed by atoms with Crippen LogP contribution in [0.5, 0.6) is 11.5 Å². The average Bonchev–Trinajstić information content (AvgIpc) is 2.26. The van der Waals surface area contributed by atoms with Gasteiger partial charge in [0, 0.05) is 6.07 Å². The number of terminal acetylenes is 1. The van der Waals surface area contributed by atoms with E-state index in [0.717, 1.165) is 0 Å². The fraction of sp³-hybridized carbons (Fsp3) is 0.0909. The van der Waals surface area contributed by atoms with Crippen LogP contribution in [0.15, 0.2) is 18.2 Å². The molecule has 0 aliphatic carbocycles. The summed E-state index contributed by atoms with van der Waals surface area (Å²) in [4.78, 5) is 21.2. The van der Waals surface area contributed by atoms with Gasteiger partial charge >= 0.3 is 11.9 Å². The number of aromatic carboxylic acids is 1. The van der Waals surface area contributed by atoms with Crippen LogP contribution in [-0.2, 0) is 4.79 Å². The van der Waals surface area contributed by atoms with Crippen molar-refractivity contribution < 1.29 is 29.3 Å². The highest BCUT2D eigenvalue weighted by Gasteiger charge is 2.13. The topological polar surface area (TPSA) is 93.1 Å². The van der Waals surface area contributed by atoms with Gasteiger partial charge in [-0.05, 0) is 12.1 Å². The zero-order valence-corrected chi connectivity index (χ0v) is 8.54. The molecular formula is C11H8O6. The van der Waals surface area contributed by atoms with E-state index in [4.69, 9.17) is 26.1 Å². The quantitative estimate of drug-likeness (QED) is 0.735. The molecule has 17 heavy (non-hydrogen) atoms. The fourth-order valence-corrected chi connectivity index (χ4v) is 1.07. The Morgan fingerprint density at radius 2 is 2.06 bits per heavy atom. The molecule has 0 saturated carbocycles. The molecule has 0 aliphatic rings. The Hall–Kier alpha value is -2.68. The lowest BCUT2D eigenvalue weighted by Crippen LogP contribution is -2.12. The molecule has 0 unspecified atom stereocenters. The first-order valence-electron chi connectivity index (χ1n) is 4.39. The van der Waals surface area contributed by atoms with E-state index in [9.17, 15) is 9.59 Å². The highest BCUT2D eigenvalue weighted by Crippen LogP contribution is 2.25. The molecule has 0 amide bonds. The van der Waals surface area contributed by atoms with Gasteiger partial charge in [-0.25, -0.2) is 9.59 Å². The zero-order chi connectivity index (χ0) is 12.8.